The second-order valence-corrected chi connectivity index (χ2v) is 11.1. The van der Waals surface area contributed by atoms with Gasteiger partial charge in [-0.1, -0.05) is 0 Å². The van der Waals surface area contributed by atoms with Gasteiger partial charge in [0, 0.05) is 57.8 Å². The van der Waals surface area contributed by atoms with Crippen LogP contribution in [0.15, 0.2) is 6.20 Å². The van der Waals surface area contributed by atoms with Gasteiger partial charge in [0.2, 0.25) is 11.8 Å². The molecule has 2 aromatic heterocycles. The number of imidazole rings is 1. The van der Waals surface area contributed by atoms with Crippen LogP contribution in [0, 0.1) is 11.8 Å². The summed E-state index contributed by atoms with van der Waals surface area (Å²) in [5.74, 6) is -8.42. The van der Waals surface area contributed by atoms with Gasteiger partial charge in [-0.3, -0.25) is 9.59 Å². The van der Waals surface area contributed by atoms with E-state index in [2.05, 4.69) is 15.6 Å². The highest BCUT2D eigenvalue weighted by Crippen LogP contribution is 2.41. The molecule has 39 heavy (non-hydrogen) atoms. The first-order valence-electron chi connectivity index (χ1n) is 13.7. The molecule has 0 radical (unpaired) electrons. The summed E-state index contributed by atoms with van der Waals surface area (Å²) in [5, 5.41) is 10.0. The topological polar surface area (TPSA) is 111 Å². The van der Waals surface area contributed by atoms with E-state index in [1.807, 2.05) is 0 Å². The fourth-order valence-corrected chi connectivity index (χ4v) is 5.84. The number of hydrogen-bond donors (Lipinski definition) is 2. The molecule has 3 fully saturated rings. The zero-order chi connectivity index (χ0) is 27.8. The lowest BCUT2D eigenvalue weighted by Crippen LogP contribution is -2.43. The number of carbonyl (C=O) groups excluding carboxylic acids is 2. The van der Waals surface area contributed by atoms with Gasteiger partial charge in [-0.2, -0.15) is 13.9 Å². The molecule has 0 bridgehead atoms. The fourth-order valence-electron chi connectivity index (χ4n) is 5.84. The van der Waals surface area contributed by atoms with E-state index < -0.39 is 42.6 Å². The summed E-state index contributed by atoms with van der Waals surface area (Å²) >= 11 is 0. The van der Waals surface area contributed by atoms with E-state index in [-0.39, 0.29) is 42.1 Å². The van der Waals surface area contributed by atoms with Crippen LogP contribution in [0.25, 0.3) is 5.78 Å². The zero-order valence-electron chi connectivity index (χ0n) is 21.9. The zero-order valence-corrected chi connectivity index (χ0v) is 21.9. The molecule has 0 spiro atoms. The van der Waals surface area contributed by atoms with Gasteiger partial charge < -0.3 is 15.4 Å². The summed E-state index contributed by atoms with van der Waals surface area (Å²) in [7, 11) is 0. The van der Waals surface area contributed by atoms with Crippen LogP contribution in [-0.4, -0.2) is 63.0 Å². The van der Waals surface area contributed by atoms with Gasteiger partial charge in [0.05, 0.1) is 29.3 Å². The van der Waals surface area contributed by atoms with Crippen LogP contribution in [0.4, 0.5) is 17.6 Å². The number of rotatable bonds is 7. The molecule has 2 amide bonds. The van der Waals surface area contributed by atoms with Crippen LogP contribution in [0.1, 0.15) is 87.3 Å². The normalized spacial score (nSPS) is 23.9. The number of halogens is 4. The Labute approximate surface area is 223 Å². The molecule has 2 aliphatic heterocycles. The maximum Gasteiger partial charge on any atom is 0.321 e. The maximum absolute atomic E-state index is 13.9. The number of fused-ring (bicyclic) bond motifs is 1. The van der Waals surface area contributed by atoms with E-state index >= 15 is 0 Å². The lowest BCUT2D eigenvalue weighted by atomic mass is 9.81. The van der Waals surface area contributed by atoms with E-state index in [0.717, 1.165) is 31.4 Å². The van der Waals surface area contributed by atoms with Gasteiger partial charge in [0.15, 0.2) is 0 Å². The standard InChI is InChI=1S/C26H34F4N6O3/c1-25(27,28)23(38)33-21(15-4-8-26(29,30)9-5-15)19-14-36-24(32-19)34-20(16-6-11-39-12-7-16)18(35-36)13-17-3-2-10-31-22(17)37/h14-17,21H,2-13H2,1H3,(H,31,37)(H,33,38)/t17-,21+/m1/s1. The van der Waals surface area contributed by atoms with Crippen LogP contribution < -0.4 is 10.6 Å². The number of piperidine rings is 1. The minimum absolute atomic E-state index is 0.0234. The summed E-state index contributed by atoms with van der Waals surface area (Å²) in [6.07, 6.45) is 4.33. The molecule has 0 aromatic carbocycles. The van der Waals surface area contributed by atoms with E-state index in [4.69, 9.17) is 14.8 Å². The highest BCUT2D eigenvalue weighted by molar-refractivity contribution is 5.83. The van der Waals surface area contributed by atoms with Crippen LogP contribution >= 0.6 is 0 Å². The third kappa shape index (κ3) is 6.33. The van der Waals surface area contributed by atoms with Gasteiger partial charge in [0.1, 0.15) is 0 Å². The fraction of sp³-hybridized carbons (Fsp3) is 0.731. The Bertz CT molecular complexity index is 1200. The molecule has 214 valence electrons. The minimum atomic E-state index is -3.64. The number of aromatic nitrogens is 4. The van der Waals surface area contributed by atoms with Gasteiger partial charge >= 0.3 is 5.92 Å². The molecule has 4 heterocycles. The molecule has 2 aromatic rings. The Kier molecular flexibility index (Phi) is 7.80. The highest BCUT2D eigenvalue weighted by Gasteiger charge is 2.42. The van der Waals surface area contributed by atoms with Crippen LogP contribution in [0.2, 0.25) is 0 Å². The second kappa shape index (κ2) is 11.0. The Morgan fingerprint density at radius 1 is 1.21 bits per heavy atom. The first kappa shape index (κ1) is 27.7. The van der Waals surface area contributed by atoms with E-state index in [1.54, 1.807) is 0 Å². The van der Waals surface area contributed by atoms with E-state index in [1.165, 1.54) is 10.7 Å². The Morgan fingerprint density at radius 2 is 1.92 bits per heavy atom. The third-order valence-corrected chi connectivity index (χ3v) is 8.12. The number of hydrogen-bond acceptors (Lipinski definition) is 6. The Morgan fingerprint density at radius 3 is 2.59 bits per heavy atom. The first-order chi connectivity index (χ1) is 18.5. The van der Waals surface area contributed by atoms with Gasteiger partial charge in [-0.05, 0) is 44.4 Å². The molecule has 2 saturated heterocycles. The van der Waals surface area contributed by atoms with Crippen molar-refractivity contribution in [1.82, 2.24) is 30.2 Å². The number of alkyl halides is 4. The number of ether oxygens (including phenoxy) is 1. The van der Waals surface area contributed by atoms with Crippen molar-refractivity contribution in [3.8, 4) is 0 Å². The molecule has 2 atom stereocenters. The quantitative estimate of drug-likeness (QED) is 0.505. The van der Waals surface area contributed by atoms with Crippen LogP contribution in [0.3, 0.4) is 0 Å². The second-order valence-electron chi connectivity index (χ2n) is 11.1. The number of nitrogens with zero attached hydrogens (tertiary/aromatic N) is 4. The highest BCUT2D eigenvalue weighted by atomic mass is 19.3. The summed E-state index contributed by atoms with van der Waals surface area (Å²) in [4.78, 5) is 34.1. The van der Waals surface area contributed by atoms with Gasteiger partial charge in [0.25, 0.3) is 11.7 Å². The van der Waals surface area contributed by atoms with E-state index in [0.29, 0.717) is 38.8 Å². The third-order valence-electron chi connectivity index (χ3n) is 8.12. The lowest BCUT2D eigenvalue weighted by Gasteiger charge is -2.33. The summed E-state index contributed by atoms with van der Waals surface area (Å²) in [6.45, 7) is 2.29. The predicted molar refractivity (Wildman–Crippen MR) is 131 cm³/mol. The van der Waals surface area contributed by atoms with Crippen molar-refractivity contribution >= 4 is 17.6 Å². The monoisotopic (exact) mass is 554 g/mol. The van der Waals surface area contributed by atoms with Crippen molar-refractivity contribution < 1.29 is 31.9 Å². The van der Waals surface area contributed by atoms with Gasteiger partial charge in [-0.25, -0.2) is 23.3 Å². The SMILES string of the molecule is CC(F)(F)C(=O)N[C@H](c1cn2nc(C[C@H]3CCCNC3=O)c(C3CCOCC3)nc2n1)C1CCC(F)(F)CC1. The molecule has 2 N–H and O–H groups in total. The molecule has 9 nitrogen and oxygen atoms in total. The lowest BCUT2D eigenvalue weighted by molar-refractivity contribution is -0.144. The van der Waals surface area contributed by atoms with Crippen molar-refractivity contribution in [3.63, 3.8) is 0 Å². The average molecular weight is 555 g/mol. The van der Waals surface area contributed by atoms with Crippen LogP contribution in [-0.2, 0) is 20.7 Å². The van der Waals surface area contributed by atoms with Gasteiger partial charge in [-0.15, -0.1) is 0 Å². The van der Waals surface area contributed by atoms with E-state index in [9.17, 15) is 27.2 Å². The molecular weight excluding hydrogens is 520 g/mol. The molecular formula is C26H34F4N6O3. The molecule has 0 unspecified atom stereocenters. The Balaban J connectivity index is 1.51. The largest absolute Gasteiger partial charge is 0.381 e. The number of nitrogens with one attached hydrogen (secondary N) is 2. The maximum atomic E-state index is 13.9. The number of carbonyl (C=O) groups is 2. The number of amides is 2. The van der Waals surface area contributed by atoms with Crippen molar-refractivity contribution in [3.05, 3.63) is 23.3 Å². The van der Waals surface area contributed by atoms with Crippen molar-refractivity contribution in [1.29, 1.82) is 0 Å². The first-order valence-corrected chi connectivity index (χ1v) is 13.7. The minimum Gasteiger partial charge on any atom is -0.381 e. The summed E-state index contributed by atoms with van der Waals surface area (Å²) in [6, 6.07) is -0.998. The smallest absolute Gasteiger partial charge is 0.321 e. The molecule has 3 aliphatic rings. The molecule has 1 saturated carbocycles. The average Bonchev–Trinajstić information content (AvgIpc) is 3.31. The Hall–Kier alpha value is -2.83. The summed E-state index contributed by atoms with van der Waals surface area (Å²) in [5.41, 5.74) is 1.64. The van der Waals surface area contributed by atoms with Crippen LogP contribution in [0.5, 0.6) is 0 Å². The van der Waals surface area contributed by atoms with Crippen molar-refractivity contribution in [2.45, 2.75) is 88.5 Å². The molecule has 13 heteroatoms. The molecule has 1 aliphatic carbocycles. The summed E-state index contributed by atoms with van der Waals surface area (Å²) < 4.78 is 62.3. The predicted octanol–water partition coefficient (Wildman–Crippen LogP) is 3.73. The molecule has 5 rings (SSSR count). The van der Waals surface area contributed by atoms with Crippen molar-refractivity contribution in [2.24, 2.45) is 11.8 Å². The van der Waals surface area contributed by atoms with Crippen molar-refractivity contribution in [2.75, 3.05) is 19.8 Å².